The molecule has 7 nitrogen and oxygen atoms in total. The number of hydrogen-bond donors (Lipinski definition) is 1. The van der Waals surface area contributed by atoms with Crippen LogP contribution in [0.1, 0.15) is 21.7 Å². The fraction of sp³-hybridized carbons (Fsp3) is 0.125. The summed E-state index contributed by atoms with van der Waals surface area (Å²) >= 11 is 0. The molecule has 0 radical (unpaired) electrons. The Bertz CT molecular complexity index is 1180. The first-order chi connectivity index (χ1) is 15.1. The van der Waals surface area contributed by atoms with Gasteiger partial charge in [-0.05, 0) is 36.8 Å². The number of aryl methyl sites for hydroxylation is 1. The third kappa shape index (κ3) is 4.90. The lowest BCUT2D eigenvalue weighted by Crippen LogP contribution is -2.30. The Kier molecular flexibility index (Phi) is 5.93. The van der Waals surface area contributed by atoms with Crippen molar-refractivity contribution in [2.45, 2.75) is 13.5 Å². The average Bonchev–Trinajstić information content (AvgIpc) is 3.44. The number of ether oxygens (including phenoxy) is 1. The molecule has 0 aliphatic heterocycles. The maximum absolute atomic E-state index is 12.9. The fourth-order valence-electron chi connectivity index (χ4n) is 3.03. The highest BCUT2D eigenvalue weighted by atomic mass is 16.5. The second-order valence-electron chi connectivity index (χ2n) is 6.91. The van der Waals surface area contributed by atoms with Gasteiger partial charge in [0, 0.05) is 6.20 Å². The van der Waals surface area contributed by atoms with E-state index in [4.69, 9.17) is 9.15 Å². The van der Waals surface area contributed by atoms with E-state index in [1.807, 2.05) is 67.6 Å². The standard InChI is InChI=1S/C24H21N3O4/c1-17-12-13-21(31-17)23-20(15-27(26-23)19-10-6-3-7-11-19)24(29)25-14-22(28)30-16-18-8-4-2-5-9-18/h2-13,15H,14,16H2,1H3,(H,25,29). The molecule has 2 aromatic heterocycles. The first kappa shape index (κ1) is 20.2. The third-order valence-electron chi connectivity index (χ3n) is 4.59. The summed E-state index contributed by atoms with van der Waals surface area (Å²) in [5, 5.41) is 7.14. The topological polar surface area (TPSA) is 86.4 Å². The van der Waals surface area contributed by atoms with Crippen molar-refractivity contribution in [2.24, 2.45) is 0 Å². The summed E-state index contributed by atoms with van der Waals surface area (Å²) in [4.78, 5) is 24.9. The van der Waals surface area contributed by atoms with Gasteiger partial charge in [0.15, 0.2) is 5.76 Å². The Morgan fingerprint density at radius 2 is 1.71 bits per heavy atom. The van der Waals surface area contributed by atoms with Gasteiger partial charge in [-0.1, -0.05) is 48.5 Å². The molecule has 1 N–H and O–H groups in total. The predicted octanol–water partition coefficient (Wildman–Crippen LogP) is 3.91. The number of nitrogens with one attached hydrogen (secondary N) is 1. The summed E-state index contributed by atoms with van der Waals surface area (Å²) in [5.74, 6) is 0.218. The van der Waals surface area contributed by atoms with Crippen LogP contribution in [-0.2, 0) is 16.1 Å². The van der Waals surface area contributed by atoms with Gasteiger partial charge in [-0.3, -0.25) is 9.59 Å². The molecule has 0 bridgehead atoms. The number of aromatic nitrogens is 2. The molecule has 0 aliphatic carbocycles. The van der Waals surface area contributed by atoms with Crippen molar-refractivity contribution in [3.05, 3.63) is 95.9 Å². The van der Waals surface area contributed by atoms with E-state index < -0.39 is 11.9 Å². The van der Waals surface area contributed by atoms with Gasteiger partial charge in [-0.2, -0.15) is 5.10 Å². The molecule has 0 saturated carbocycles. The van der Waals surface area contributed by atoms with E-state index in [-0.39, 0.29) is 13.2 Å². The van der Waals surface area contributed by atoms with Gasteiger partial charge in [0.25, 0.3) is 5.91 Å². The van der Waals surface area contributed by atoms with Gasteiger partial charge in [0.05, 0.1) is 11.3 Å². The number of carbonyl (C=O) groups is 2. The number of nitrogens with zero attached hydrogens (tertiary/aromatic N) is 2. The number of benzene rings is 2. The van der Waals surface area contributed by atoms with E-state index in [0.29, 0.717) is 22.8 Å². The minimum absolute atomic E-state index is 0.151. The van der Waals surface area contributed by atoms with Crippen LogP contribution in [0.25, 0.3) is 17.1 Å². The Morgan fingerprint density at radius 3 is 2.39 bits per heavy atom. The van der Waals surface area contributed by atoms with Gasteiger partial charge >= 0.3 is 5.97 Å². The highest BCUT2D eigenvalue weighted by Gasteiger charge is 2.21. The van der Waals surface area contributed by atoms with E-state index in [1.54, 1.807) is 23.0 Å². The molecule has 156 valence electrons. The summed E-state index contributed by atoms with van der Waals surface area (Å²) in [5.41, 5.74) is 2.37. The number of carbonyl (C=O) groups excluding carboxylic acids is 2. The highest BCUT2D eigenvalue weighted by molar-refractivity contribution is 6.00. The van der Waals surface area contributed by atoms with Crippen molar-refractivity contribution in [2.75, 3.05) is 6.54 Å². The quantitative estimate of drug-likeness (QED) is 0.463. The SMILES string of the molecule is Cc1ccc(-c2nn(-c3ccccc3)cc2C(=O)NCC(=O)OCc2ccccc2)o1. The van der Waals surface area contributed by atoms with Crippen LogP contribution in [-0.4, -0.2) is 28.2 Å². The van der Waals surface area contributed by atoms with E-state index in [1.165, 1.54) is 0 Å². The molecule has 4 rings (SSSR count). The molecule has 0 atom stereocenters. The largest absolute Gasteiger partial charge is 0.460 e. The maximum Gasteiger partial charge on any atom is 0.325 e. The minimum atomic E-state index is -0.525. The average molecular weight is 415 g/mol. The Balaban J connectivity index is 1.48. The molecule has 7 heteroatoms. The summed E-state index contributed by atoms with van der Waals surface area (Å²) in [6.45, 7) is 1.72. The molecule has 2 heterocycles. The molecular formula is C24H21N3O4. The smallest absolute Gasteiger partial charge is 0.325 e. The Hall–Kier alpha value is -4.13. The molecular weight excluding hydrogens is 394 g/mol. The van der Waals surface area contributed by atoms with E-state index in [2.05, 4.69) is 10.4 Å². The summed E-state index contributed by atoms with van der Waals surface area (Å²) in [6, 6.07) is 22.4. The third-order valence-corrected chi connectivity index (χ3v) is 4.59. The molecule has 4 aromatic rings. The first-order valence-electron chi connectivity index (χ1n) is 9.80. The van der Waals surface area contributed by atoms with Crippen molar-refractivity contribution < 1.29 is 18.7 Å². The minimum Gasteiger partial charge on any atom is -0.460 e. The van der Waals surface area contributed by atoms with Crippen LogP contribution in [0.4, 0.5) is 0 Å². The fourth-order valence-corrected chi connectivity index (χ4v) is 3.03. The lowest BCUT2D eigenvalue weighted by molar-refractivity contribution is -0.143. The van der Waals surface area contributed by atoms with Crippen molar-refractivity contribution in [1.82, 2.24) is 15.1 Å². The first-order valence-corrected chi connectivity index (χ1v) is 9.80. The lowest BCUT2D eigenvalue weighted by atomic mass is 10.2. The molecule has 0 fully saturated rings. The van der Waals surface area contributed by atoms with Crippen molar-refractivity contribution in [3.63, 3.8) is 0 Å². The molecule has 0 spiro atoms. The van der Waals surface area contributed by atoms with Gasteiger partial charge in [0.1, 0.15) is 24.6 Å². The van der Waals surface area contributed by atoms with Crippen molar-refractivity contribution in [1.29, 1.82) is 0 Å². The maximum atomic E-state index is 12.9. The molecule has 0 saturated heterocycles. The van der Waals surface area contributed by atoms with E-state index in [9.17, 15) is 9.59 Å². The Labute approximate surface area is 179 Å². The molecule has 31 heavy (non-hydrogen) atoms. The van der Waals surface area contributed by atoms with E-state index >= 15 is 0 Å². The van der Waals surface area contributed by atoms with Crippen LogP contribution in [0.5, 0.6) is 0 Å². The van der Waals surface area contributed by atoms with Crippen LogP contribution < -0.4 is 5.32 Å². The van der Waals surface area contributed by atoms with Crippen molar-refractivity contribution >= 4 is 11.9 Å². The van der Waals surface area contributed by atoms with Gasteiger partial charge in [-0.25, -0.2) is 4.68 Å². The molecule has 0 aliphatic rings. The molecule has 1 amide bonds. The normalized spacial score (nSPS) is 10.6. The number of hydrogen-bond acceptors (Lipinski definition) is 5. The van der Waals surface area contributed by atoms with Gasteiger partial charge < -0.3 is 14.5 Å². The summed E-state index contributed by atoms with van der Waals surface area (Å²) < 4.78 is 12.5. The second kappa shape index (κ2) is 9.13. The van der Waals surface area contributed by atoms with Crippen LogP contribution in [0.15, 0.2) is 83.4 Å². The number of para-hydroxylation sites is 1. The van der Waals surface area contributed by atoms with Gasteiger partial charge in [0.2, 0.25) is 0 Å². The highest BCUT2D eigenvalue weighted by Crippen LogP contribution is 2.25. The summed E-state index contributed by atoms with van der Waals surface area (Å²) in [7, 11) is 0. The van der Waals surface area contributed by atoms with Crippen LogP contribution >= 0.6 is 0 Å². The second-order valence-corrected chi connectivity index (χ2v) is 6.91. The molecule has 0 unspecified atom stereocenters. The molecule has 2 aromatic carbocycles. The number of esters is 1. The van der Waals surface area contributed by atoms with Crippen LogP contribution in [0.3, 0.4) is 0 Å². The van der Waals surface area contributed by atoms with Gasteiger partial charge in [-0.15, -0.1) is 0 Å². The van der Waals surface area contributed by atoms with Crippen LogP contribution in [0, 0.1) is 6.92 Å². The van der Waals surface area contributed by atoms with E-state index in [0.717, 1.165) is 11.3 Å². The zero-order valence-electron chi connectivity index (χ0n) is 16.9. The Morgan fingerprint density at radius 1 is 1.00 bits per heavy atom. The predicted molar refractivity (Wildman–Crippen MR) is 115 cm³/mol. The lowest BCUT2D eigenvalue weighted by Gasteiger charge is -2.06. The summed E-state index contributed by atoms with van der Waals surface area (Å²) in [6.07, 6.45) is 1.62. The monoisotopic (exact) mass is 415 g/mol. The van der Waals surface area contributed by atoms with Crippen LogP contribution in [0.2, 0.25) is 0 Å². The number of rotatable bonds is 7. The number of furan rings is 1. The number of amides is 1. The van der Waals surface area contributed by atoms with Crippen molar-refractivity contribution in [3.8, 4) is 17.1 Å². The zero-order valence-corrected chi connectivity index (χ0v) is 16.9. The zero-order chi connectivity index (χ0) is 21.6.